The third kappa shape index (κ3) is 0.730. The van der Waals surface area contributed by atoms with Crippen LogP contribution >= 0.6 is 0 Å². The van der Waals surface area contributed by atoms with Gasteiger partial charge in [-0.1, -0.05) is 18.2 Å². The van der Waals surface area contributed by atoms with Crippen LogP contribution in [0.3, 0.4) is 0 Å². The number of hydrogen-bond donors (Lipinski definition) is 0. The number of ether oxygens (including phenoxy) is 2. The summed E-state index contributed by atoms with van der Waals surface area (Å²) in [6.07, 6.45) is 1.10. The van der Waals surface area contributed by atoms with E-state index in [1.165, 1.54) is 5.56 Å². The van der Waals surface area contributed by atoms with E-state index in [4.69, 9.17) is 9.47 Å². The van der Waals surface area contributed by atoms with Gasteiger partial charge in [-0.05, 0) is 12.5 Å². The fraction of sp³-hybridized carbons (Fsp3) is 0.400. The highest BCUT2D eigenvalue weighted by molar-refractivity contribution is 5.40. The van der Waals surface area contributed by atoms with Crippen LogP contribution in [0.15, 0.2) is 24.3 Å². The summed E-state index contributed by atoms with van der Waals surface area (Å²) in [4.78, 5) is 0. The molecule has 62 valence electrons. The molecule has 0 unspecified atom stereocenters. The topological polar surface area (TPSA) is 18.5 Å². The van der Waals surface area contributed by atoms with Gasteiger partial charge in [-0.15, -0.1) is 0 Å². The first-order valence-electron chi connectivity index (χ1n) is 4.32. The van der Waals surface area contributed by atoms with Crippen molar-refractivity contribution in [1.29, 1.82) is 0 Å². The molecule has 2 nitrogen and oxygen atoms in total. The monoisotopic (exact) mass is 162 g/mol. The molecule has 12 heavy (non-hydrogen) atoms. The summed E-state index contributed by atoms with van der Waals surface area (Å²) in [5, 5.41) is 0. The number of fused-ring (bicyclic) bond motifs is 3. The number of benzene rings is 1. The van der Waals surface area contributed by atoms with E-state index >= 15 is 0 Å². The van der Waals surface area contributed by atoms with Crippen molar-refractivity contribution in [1.82, 2.24) is 0 Å². The van der Waals surface area contributed by atoms with E-state index in [0.717, 1.165) is 18.8 Å². The van der Waals surface area contributed by atoms with Crippen molar-refractivity contribution >= 4 is 0 Å². The first-order chi connectivity index (χ1) is 5.95. The lowest BCUT2D eigenvalue weighted by Crippen LogP contribution is -2.13. The molecule has 0 N–H and O–H groups in total. The summed E-state index contributed by atoms with van der Waals surface area (Å²) in [5.41, 5.74) is 1.32. The molecule has 2 atom stereocenters. The lowest BCUT2D eigenvalue weighted by Gasteiger charge is -2.06. The van der Waals surface area contributed by atoms with Crippen molar-refractivity contribution in [2.45, 2.75) is 18.6 Å². The molecule has 0 amide bonds. The van der Waals surface area contributed by atoms with Gasteiger partial charge in [-0.25, -0.2) is 0 Å². The van der Waals surface area contributed by atoms with Gasteiger partial charge in [0.15, 0.2) is 0 Å². The Morgan fingerprint density at radius 2 is 2.17 bits per heavy atom. The molecule has 0 aliphatic carbocycles. The van der Waals surface area contributed by atoms with Crippen LogP contribution in [0.2, 0.25) is 0 Å². The zero-order chi connectivity index (χ0) is 7.97. The first kappa shape index (κ1) is 6.49. The summed E-state index contributed by atoms with van der Waals surface area (Å²) < 4.78 is 11.0. The standard InChI is InChI=1S/C10H10O2/c1-2-4-9-7(3-1)8-5-6-11-10(8)12-9/h1-4,8,10H,5-6H2/t8-,10+/m1/s1. The fourth-order valence-corrected chi connectivity index (χ4v) is 2.00. The number of hydrogen-bond acceptors (Lipinski definition) is 2. The molecule has 0 saturated carbocycles. The minimum absolute atomic E-state index is 0.00222. The average Bonchev–Trinajstić information content (AvgIpc) is 2.62. The molecule has 1 aromatic carbocycles. The van der Waals surface area contributed by atoms with Crippen molar-refractivity contribution in [2.75, 3.05) is 6.61 Å². The van der Waals surface area contributed by atoms with Crippen molar-refractivity contribution in [3.8, 4) is 5.75 Å². The van der Waals surface area contributed by atoms with E-state index in [1.807, 2.05) is 12.1 Å². The molecule has 2 aliphatic heterocycles. The molecule has 1 fully saturated rings. The smallest absolute Gasteiger partial charge is 0.206 e. The first-order valence-corrected chi connectivity index (χ1v) is 4.32. The van der Waals surface area contributed by atoms with Crippen LogP contribution in [-0.4, -0.2) is 12.9 Å². The Morgan fingerprint density at radius 1 is 1.25 bits per heavy atom. The highest BCUT2D eigenvalue weighted by Crippen LogP contribution is 2.43. The van der Waals surface area contributed by atoms with Gasteiger partial charge in [0.25, 0.3) is 0 Å². The number of para-hydroxylation sites is 1. The second-order valence-corrected chi connectivity index (χ2v) is 3.29. The van der Waals surface area contributed by atoms with Gasteiger partial charge in [0, 0.05) is 5.56 Å². The van der Waals surface area contributed by atoms with Gasteiger partial charge in [-0.3, -0.25) is 0 Å². The maximum atomic E-state index is 5.61. The predicted octanol–water partition coefficient (Wildman–Crippen LogP) is 1.91. The van der Waals surface area contributed by atoms with Gasteiger partial charge in [0.05, 0.1) is 12.5 Å². The Morgan fingerprint density at radius 3 is 3.17 bits per heavy atom. The lowest BCUT2D eigenvalue weighted by atomic mass is 9.99. The molecule has 0 bridgehead atoms. The quantitative estimate of drug-likeness (QED) is 0.580. The zero-order valence-corrected chi connectivity index (χ0v) is 6.69. The van der Waals surface area contributed by atoms with Gasteiger partial charge >= 0.3 is 0 Å². The maximum Gasteiger partial charge on any atom is 0.206 e. The van der Waals surface area contributed by atoms with Crippen LogP contribution in [0.25, 0.3) is 0 Å². The summed E-state index contributed by atoms with van der Waals surface area (Å²) >= 11 is 0. The summed E-state index contributed by atoms with van der Waals surface area (Å²) in [5.74, 6) is 1.49. The molecular formula is C10H10O2. The van der Waals surface area contributed by atoms with Gasteiger partial charge < -0.3 is 9.47 Å². The van der Waals surface area contributed by atoms with E-state index < -0.39 is 0 Å². The van der Waals surface area contributed by atoms with E-state index in [9.17, 15) is 0 Å². The van der Waals surface area contributed by atoms with Crippen LogP contribution < -0.4 is 4.74 Å². The van der Waals surface area contributed by atoms with Gasteiger partial charge in [0.1, 0.15) is 5.75 Å². The fourth-order valence-electron chi connectivity index (χ4n) is 2.00. The molecule has 2 heterocycles. The molecule has 1 aromatic rings. The van der Waals surface area contributed by atoms with Crippen molar-refractivity contribution < 1.29 is 9.47 Å². The second kappa shape index (κ2) is 2.23. The van der Waals surface area contributed by atoms with E-state index in [2.05, 4.69) is 12.1 Å². The third-order valence-corrected chi connectivity index (χ3v) is 2.60. The van der Waals surface area contributed by atoms with Crippen LogP contribution in [0.1, 0.15) is 17.9 Å². The highest BCUT2D eigenvalue weighted by Gasteiger charge is 2.38. The Labute approximate surface area is 71.1 Å². The van der Waals surface area contributed by atoms with Crippen LogP contribution in [0, 0.1) is 0 Å². The minimum Gasteiger partial charge on any atom is -0.464 e. The Balaban J connectivity index is 2.09. The molecule has 2 aliphatic rings. The third-order valence-electron chi connectivity index (χ3n) is 2.60. The second-order valence-electron chi connectivity index (χ2n) is 3.29. The largest absolute Gasteiger partial charge is 0.464 e. The minimum atomic E-state index is 0.00222. The Kier molecular flexibility index (Phi) is 1.21. The summed E-state index contributed by atoms with van der Waals surface area (Å²) in [7, 11) is 0. The molecule has 0 radical (unpaired) electrons. The predicted molar refractivity (Wildman–Crippen MR) is 44.2 cm³/mol. The van der Waals surface area contributed by atoms with Crippen LogP contribution in [0.4, 0.5) is 0 Å². The van der Waals surface area contributed by atoms with Crippen LogP contribution in [0.5, 0.6) is 5.75 Å². The van der Waals surface area contributed by atoms with Crippen molar-refractivity contribution in [3.05, 3.63) is 29.8 Å². The normalized spacial score (nSPS) is 31.0. The summed E-state index contributed by atoms with van der Waals surface area (Å²) in [6, 6.07) is 8.20. The Hall–Kier alpha value is -1.02. The zero-order valence-electron chi connectivity index (χ0n) is 6.69. The number of rotatable bonds is 0. The highest BCUT2D eigenvalue weighted by atomic mass is 16.7. The SMILES string of the molecule is c1ccc2c(c1)O[C@@H]1OCC[C@H]21. The van der Waals surface area contributed by atoms with Crippen molar-refractivity contribution in [2.24, 2.45) is 0 Å². The van der Waals surface area contributed by atoms with Gasteiger partial charge in [0.2, 0.25) is 6.29 Å². The lowest BCUT2D eigenvalue weighted by molar-refractivity contribution is -0.0337. The average molecular weight is 162 g/mol. The molecule has 1 saturated heterocycles. The molecule has 0 aromatic heterocycles. The Bertz CT molecular complexity index is 308. The summed E-state index contributed by atoms with van der Waals surface area (Å²) in [6.45, 7) is 0.837. The molecule has 3 rings (SSSR count). The molecule has 2 heteroatoms. The van der Waals surface area contributed by atoms with E-state index in [1.54, 1.807) is 0 Å². The van der Waals surface area contributed by atoms with Gasteiger partial charge in [-0.2, -0.15) is 0 Å². The van der Waals surface area contributed by atoms with E-state index in [0.29, 0.717) is 5.92 Å². The molecular weight excluding hydrogens is 152 g/mol. The maximum absolute atomic E-state index is 5.61. The van der Waals surface area contributed by atoms with Crippen LogP contribution in [-0.2, 0) is 4.74 Å². The van der Waals surface area contributed by atoms with E-state index in [-0.39, 0.29) is 6.29 Å². The van der Waals surface area contributed by atoms with Crippen molar-refractivity contribution in [3.63, 3.8) is 0 Å². The molecule has 0 spiro atoms.